The summed E-state index contributed by atoms with van der Waals surface area (Å²) in [7, 11) is 0. The third kappa shape index (κ3) is 3.68. The Labute approximate surface area is 222 Å². The topological polar surface area (TPSA) is 52.8 Å². The van der Waals surface area contributed by atoms with E-state index < -0.39 is 0 Å². The van der Waals surface area contributed by atoms with E-state index in [1.54, 1.807) is 29.3 Å². The van der Waals surface area contributed by atoms with Crippen molar-refractivity contribution in [3.8, 4) is 6.07 Å². The Morgan fingerprint density at radius 1 is 0.784 bits per heavy atom. The van der Waals surface area contributed by atoms with Crippen LogP contribution in [-0.2, 0) is 0 Å². The molecule has 7 rings (SSSR count). The number of allylic oxidation sites excluding steroid dienone is 1. The predicted octanol–water partition coefficient (Wildman–Crippen LogP) is 8.84. The van der Waals surface area contributed by atoms with E-state index in [0.717, 1.165) is 31.7 Å². The van der Waals surface area contributed by atoms with Crippen molar-refractivity contribution in [1.29, 1.82) is 5.26 Å². The number of pyridine rings is 2. The highest BCUT2D eigenvalue weighted by atomic mass is 32.2. The fraction of sp³-hybridized carbons (Fsp3) is 0. The third-order valence-corrected chi connectivity index (χ3v) is 8.53. The van der Waals surface area contributed by atoms with Gasteiger partial charge in [0.25, 0.3) is 0 Å². The molecule has 3 aromatic carbocycles. The van der Waals surface area contributed by atoms with Crippen molar-refractivity contribution in [3.05, 3.63) is 114 Å². The van der Waals surface area contributed by atoms with Gasteiger partial charge in [0.1, 0.15) is 11.1 Å². The fourth-order valence-electron chi connectivity index (χ4n) is 4.75. The summed E-state index contributed by atoms with van der Waals surface area (Å²) < 4.78 is 0. The number of anilines is 3. The van der Waals surface area contributed by atoms with Gasteiger partial charge in [-0.3, -0.25) is 9.88 Å². The predicted molar refractivity (Wildman–Crippen MR) is 154 cm³/mol. The molecular weight excluding hydrogens is 493 g/mol. The maximum Gasteiger partial charge on any atom is 0.101 e. The highest BCUT2D eigenvalue weighted by Crippen LogP contribution is 2.52. The van der Waals surface area contributed by atoms with Crippen molar-refractivity contribution in [3.63, 3.8) is 0 Å². The van der Waals surface area contributed by atoms with Crippen molar-refractivity contribution in [2.75, 3.05) is 4.90 Å². The van der Waals surface area contributed by atoms with Crippen LogP contribution in [0.25, 0.3) is 33.5 Å². The average Bonchev–Trinajstić information content (AvgIpc) is 3.42. The average molecular weight is 511 g/mol. The second kappa shape index (κ2) is 8.90. The molecule has 0 fully saturated rings. The molecule has 0 unspecified atom stereocenters. The van der Waals surface area contributed by atoms with Crippen LogP contribution in [-0.4, -0.2) is 9.97 Å². The van der Waals surface area contributed by atoms with Gasteiger partial charge in [-0.25, -0.2) is 4.98 Å². The molecule has 4 nitrogen and oxygen atoms in total. The van der Waals surface area contributed by atoms with E-state index in [4.69, 9.17) is 4.98 Å². The molecule has 1 aliphatic rings. The quantitative estimate of drug-likeness (QED) is 0.176. The molecule has 0 spiro atoms. The van der Waals surface area contributed by atoms with E-state index >= 15 is 0 Å². The first-order chi connectivity index (χ1) is 18.3. The maximum absolute atomic E-state index is 10.2. The molecule has 0 saturated carbocycles. The van der Waals surface area contributed by atoms with Crippen molar-refractivity contribution in [2.45, 2.75) is 9.79 Å². The van der Waals surface area contributed by atoms with Crippen molar-refractivity contribution >= 4 is 72.9 Å². The SMILES string of the molecule is N#C/C(=C\c1ccc(N2c3ccccc3Sc3ccccc32)s1)c1nc2cccnc2c2ccccc12. The minimum atomic E-state index is 0.533. The Balaban J connectivity index is 1.36. The molecule has 0 amide bonds. The molecule has 6 aromatic rings. The molecule has 37 heavy (non-hydrogen) atoms. The summed E-state index contributed by atoms with van der Waals surface area (Å²) in [6.45, 7) is 0. The van der Waals surface area contributed by atoms with Crippen LogP contribution in [0.2, 0.25) is 0 Å². The molecular formula is C31H18N4S2. The zero-order chi connectivity index (χ0) is 24.8. The van der Waals surface area contributed by atoms with Crippen molar-refractivity contribution in [2.24, 2.45) is 0 Å². The van der Waals surface area contributed by atoms with Gasteiger partial charge in [-0.15, -0.1) is 11.3 Å². The summed E-state index contributed by atoms with van der Waals surface area (Å²) >= 11 is 3.46. The standard InChI is InChI=1S/C31H18N4S2/c32-19-20(30-22-8-1-2-9-23(22)31-24(34-30)10-7-17-33-31)18-21-15-16-29(36-21)35-25-11-3-5-13-27(25)37-28-14-6-4-12-26(28)35/h1-18H/b20-18+. The first kappa shape index (κ1) is 21.8. The normalized spacial score (nSPS) is 12.8. The van der Waals surface area contributed by atoms with Gasteiger partial charge in [-0.05, 0) is 54.6 Å². The lowest BCUT2D eigenvalue weighted by molar-refractivity contribution is 1.18. The van der Waals surface area contributed by atoms with E-state index in [0.29, 0.717) is 11.3 Å². The number of nitriles is 1. The molecule has 174 valence electrons. The maximum atomic E-state index is 10.2. The number of thiophene rings is 1. The number of fused-ring (bicyclic) bond motifs is 5. The number of nitrogens with zero attached hydrogens (tertiary/aromatic N) is 4. The smallest absolute Gasteiger partial charge is 0.101 e. The minimum Gasteiger partial charge on any atom is -0.300 e. The summed E-state index contributed by atoms with van der Waals surface area (Å²) in [6, 6.07) is 35.4. The molecule has 0 aliphatic carbocycles. The minimum absolute atomic E-state index is 0.533. The van der Waals surface area contributed by atoms with Gasteiger partial charge in [0.2, 0.25) is 0 Å². The molecule has 0 bridgehead atoms. The van der Waals surface area contributed by atoms with Gasteiger partial charge in [0, 0.05) is 31.6 Å². The van der Waals surface area contributed by atoms with Gasteiger partial charge in [-0.2, -0.15) is 5.26 Å². The van der Waals surface area contributed by atoms with Crippen LogP contribution in [0.3, 0.4) is 0 Å². The Morgan fingerprint density at radius 2 is 1.49 bits per heavy atom. The van der Waals surface area contributed by atoms with Gasteiger partial charge in [0.05, 0.1) is 33.7 Å². The number of aromatic nitrogens is 2. The van der Waals surface area contributed by atoms with Gasteiger partial charge >= 0.3 is 0 Å². The molecule has 0 saturated heterocycles. The van der Waals surface area contributed by atoms with Crippen LogP contribution in [0.4, 0.5) is 16.4 Å². The fourth-order valence-corrected chi connectivity index (χ4v) is 6.79. The van der Waals surface area contributed by atoms with Crippen LogP contribution in [0.5, 0.6) is 0 Å². The Bertz CT molecular complexity index is 1850. The summed E-state index contributed by atoms with van der Waals surface area (Å²) in [4.78, 5) is 15.2. The second-order valence-corrected chi connectivity index (χ2v) is 10.8. The van der Waals surface area contributed by atoms with Crippen LogP contribution in [0.1, 0.15) is 10.6 Å². The molecule has 0 radical (unpaired) electrons. The first-order valence-electron chi connectivity index (χ1n) is 11.8. The number of para-hydroxylation sites is 2. The van der Waals surface area contributed by atoms with E-state index in [-0.39, 0.29) is 0 Å². The summed E-state index contributed by atoms with van der Waals surface area (Å²) in [5, 5.41) is 13.2. The van der Waals surface area contributed by atoms with Crippen molar-refractivity contribution in [1.82, 2.24) is 9.97 Å². The van der Waals surface area contributed by atoms with Gasteiger partial charge in [0.15, 0.2) is 0 Å². The zero-order valence-electron chi connectivity index (χ0n) is 19.5. The summed E-state index contributed by atoms with van der Waals surface area (Å²) in [5.74, 6) is 0. The van der Waals surface area contributed by atoms with E-state index in [1.165, 1.54) is 21.2 Å². The number of hydrogen-bond donors (Lipinski definition) is 0. The lowest BCUT2D eigenvalue weighted by atomic mass is 10.0. The van der Waals surface area contributed by atoms with Crippen LogP contribution < -0.4 is 4.90 Å². The van der Waals surface area contributed by atoms with E-state index in [1.807, 2.05) is 42.5 Å². The highest BCUT2D eigenvalue weighted by molar-refractivity contribution is 7.99. The lowest BCUT2D eigenvalue weighted by Crippen LogP contribution is -2.13. The molecule has 0 N–H and O–H groups in total. The monoisotopic (exact) mass is 510 g/mol. The summed E-state index contributed by atoms with van der Waals surface area (Å²) in [6.07, 6.45) is 3.72. The van der Waals surface area contributed by atoms with E-state index in [9.17, 15) is 5.26 Å². The van der Waals surface area contributed by atoms with Crippen molar-refractivity contribution < 1.29 is 0 Å². The molecule has 0 atom stereocenters. The van der Waals surface area contributed by atoms with Crippen LogP contribution in [0, 0.1) is 11.3 Å². The van der Waals surface area contributed by atoms with Crippen LogP contribution in [0.15, 0.2) is 113 Å². The molecule has 4 heterocycles. The largest absolute Gasteiger partial charge is 0.300 e. The molecule has 1 aliphatic heterocycles. The highest BCUT2D eigenvalue weighted by Gasteiger charge is 2.25. The Morgan fingerprint density at radius 3 is 2.24 bits per heavy atom. The molecule has 6 heteroatoms. The zero-order valence-corrected chi connectivity index (χ0v) is 21.1. The first-order valence-corrected chi connectivity index (χ1v) is 13.4. The lowest BCUT2D eigenvalue weighted by Gasteiger charge is -2.31. The number of rotatable bonds is 3. The van der Waals surface area contributed by atoms with E-state index in [2.05, 4.69) is 76.6 Å². The van der Waals surface area contributed by atoms with Gasteiger partial charge < -0.3 is 0 Å². The number of benzene rings is 3. The number of hydrogen-bond acceptors (Lipinski definition) is 6. The van der Waals surface area contributed by atoms with Crippen LogP contribution >= 0.6 is 23.1 Å². The Kier molecular flexibility index (Phi) is 5.24. The van der Waals surface area contributed by atoms with Gasteiger partial charge in [-0.1, -0.05) is 60.3 Å². The Hall–Kier alpha value is -4.44. The summed E-state index contributed by atoms with van der Waals surface area (Å²) in [5.41, 5.74) is 5.17. The molecule has 3 aromatic heterocycles. The third-order valence-electron chi connectivity index (χ3n) is 6.38. The second-order valence-electron chi connectivity index (χ2n) is 8.60.